The molecule has 1 fully saturated rings. The van der Waals surface area contributed by atoms with E-state index in [9.17, 15) is 4.79 Å². The molecule has 0 radical (unpaired) electrons. The lowest BCUT2D eigenvalue weighted by molar-refractivity contribution is 0.208. The van der Waals surface area contributed by atoms with E-state index in [-0.39, 0.29) is 6.03 Å². The number of amides is 2. The molecule has 1 N–H and O–H groups in total. The zero-order valence-electron chi connectivity index (χ0n) is 13.4. The van der Waals surface area contributed by atoms with E-state index in [0.29, 0.717) is 47.5 Å². The van der Waals surface area contributed by atoms with Crippen molar-refractivity contribution in [2.24, 2.45) is 0 Å². The van der Waals surface area contributed by atoms with Gasteiger partial charge in [-0.15, -0.1) is 0 Å². The SMILES string of the molecule is N#Cc1cccc(N2CCN(C(=O)Nc3cc(Cl)ccc3Cl)CC2)c1. The summed E-state index contributed by atoms with van der Waals surface area (Å²) in [6, 6.07) is 14.4. The fraction of sp³-hybridized carbons (Fsp3) is 0.222. The molecule has 2 aromatic rings. The molecule has 2 amide bonds. The summed E-state index contributed by atoms with van der Waals surface area (Å²) >= 11 is 12.0. The van der Waals surface area contributed by atoms with Crippen LogP contribution in [0.25, 0.3) is 0 Å². The highest BCUT2D eigenvalue weighted by molar-refractivity contribution is 6.35. The maximum Gasteiger partial charge on any atom is 0.322 e. The second-order valence-electron chi connectivity index (χ2n) is 5.69. The lowest BCUT2D eigenvalue weighted by atomic mass is 10.2. The van der Waals surface area contributed by atoms with Gasteiger partial charge in [0, 0.05) is 36.9 Å². The number of nitriles is 1. The molecule has 1 aliphatic rings. The largest absolute Gasteiger partial charge is 0.368 e. The topological polar surface area (TPSA) is 59.4 Å². The van der Waals surface area contributed by atoms with Crippen molar-refractivity contribution in [2.45, 2.75) is 0 Å². The Morgan fingerprint density at radius 1 is 1.08 bits per heavy atom. The second kappa shape index (κ2) is 7.64. The van der Waals surface area contributed by atoms with Crippen LogP contribution in [-0.4, -0.2) is 37.1 Å². The Morgan fingerprint density at radius 2 is 1.84 bits per heavy atom. The van der Waals surface area contributed by atoms with Crippen molar-refractivity contribution in [3.05, 3.63) is 58.1 Å². The first-order valence-corrected chi connectivity index (χ1v) is 8.58. The number of halogens is 2. The summed E-state index contributed by atoms with van der Waals surface area (Å²) in [4.78, 5) is 16.3. The van der Waals surface area contributed by atoms with Crippen LogP contribution in [0.1, 0.15) is 5.56 Å². The lowest BCUT2D eigenvalue weighted by Crippen LogP contribution is -2.50. The van der Waals surface area contributed by atoms with Crippen LogP contribution < -0.4 is 10.2 Å². The zero-order chi connectivity index (χ0) is 17.8. The molecular formula is C18H16Cl2N4O. The van der Waals surface area contributed by atoms with Crippen molar-refractivity contribution in [3.63, 3.8) is 0 Å². The van der Waals surface area contributed by atoms with Crippen LogP contribution in [0, 0.1) is 11.3 Å². The van der Waals surface area contributed by atoms with E-state index >= 15 is 0 Å². The molecule has 25 heavy (non-hydrogen) atoms. The number of anilines is 2. The Labute approximate surface area is 156 Å². The molecule has 3 rings (SSSR count). The number of hydrogen-bond acceptors (Lipinski definition) is 3. The summed E-state index contributed by atoms with van der Waals surface area (Å²) in [5.74, 6) is 0. The smallest absolute Gasteiger partial charge is 0.322 e. The van der Waals surface area contributed by atoms with Gasteiger partial charge in [0.2, 0.25) is 0 Å². The van der Waals surface area contributed by atoms with E-state index in [0.717, 1.165) is 5.69 Å². The van der Waals surface area contributed by atoms with Gasteiger partial charge in [-0.05, 0) is 36.4 Å². The highest BCUT2D eigenvalue weighted by Gasteiger charge is 2.22. The van der Waals surface area contributed by atoms with Crippen molar-refractivity contribution in [3.8, 4) is 6.07 Å². The van der Waals surface area contributed by atoms with Crippen LogP contribution in [-0.2, 0) is 0 Å². The number of urea groups is 1. The first-order chi connectivity index (χ1) is 12.1. The van der Waals surface area contributed by atoms with Crippen LogP contribution in [0.3, 0.4) is 0 Å². The van der Waals surface area contributed by atoms with E-state index in [1.807, 2.05) is 18.2 Å². The van der Waals surface area contributed by atoms with Gasteiger partial charge in [0.1, 0.15) is 0 Å². The molecule has 2 aromatic carbocycles. The molecule has 0 bridgehead atoms. The molecule has 1 saturated heterocycles. The van der Waals surface area contributed by atoms with Gasteiger partial charge in [-0.1, -0.05) is 29.3 Å². The van der Waals surface area contributed by atoms with E-state index in [4.69, 9.17) is 28.5 Å². The lowest BCUT2D eigenvalue weighted by Gasteiger charge is -2.36. The zero-order valence-corrected chi connectivity index (χ0v) is 14.9. The number of carbonyl (C=O) groups is 1. The molecule has 5 nitrogen and oxygen atoms in total. The first kappa shape index (κ1) is 17.4. The predicted octanol–water partition coefficient (Wildman–Crippen LogP) is 4.22. The van der Waals surface area contributed by atoms with Crippen LogP contribution in [0.15, 0.2) is 42.5 Å². The Balaban J connectivity index is 1.61. The van der Waals surface area contributed by atoms with Gasteiger partial charge in [-0.3, -0.25) is 0 Å². The Morgan fingerprint density at radius 3 is 2.56 bits per heavy atom. The minimum Gasteiger partial charge on any atom is -0.368 e. The first-order valence-electron chi connectivity index (χ1n) is 7.83. The molecule has 0 aromatic heterocycles. The van der Waals surface area contributed by atoms with Gasteiger partial charge < -0.3 is 15.1 Å². The van der Waals surface area contributed by atoms with Gasteiger partial charge in [0.25, 0.3) is 0 Å². The van der Waals surface area contributed by atoms with E-state index in [2.05, 4.69) is 16.3 Å². The van der Waals surface area contributed by atoms with Crippen molar-refractivity contribution < 1.29 is 4.79 Å². The average Bonchev–Trinajstić information content (AvgIpc) is 2.65. The van der Waals surface area contributed by atoms with Crippen LogP contribution >= 0.6 is 23.2 Å². The monoisotopic (exact) mass is 374 g/mol. The van der Waals surface area contributed by atoms with Crippen LogP contribution in [0.2, 0.25) is 10.0 Å². The summed E-state index contributed by atoms with van der Waals surface area (Å²) in [5, 5.41) is 12.8. The fourth-order valence-corrected chi connectivity index (χ4v) is 3.06. The molecule has 1 heterocycles. The maximum absolute atomic E-state index is 12.4. The molecule has 0 spiro atoms. The Kier molecular flexibility index (Phi) is 5.32. The van der Waals surface area contributed by atoms with E-state index in [1.54, 1.807) is 29.2 Å². The quantitative estimate of drug-likeness (QED) is 0.855. The van der Waals surface area contributed by atoms with Crippen molar-refractivity contribution >= 4 is 40.6 Å². The normalized spacial score (nSPS) is 14.1. The number of nitrogens with zero attached hydrogens (tertiary/aromatic N) is 3. The molecule has 7 heteroatoms. The van der Waals surface area contributed by atoms with E-state index in [1.165, 1.54) is 0 Å². The average molecular weight is 375 g/mol. The summed E-state index contributed by atoms with van der Waals surface area (Å²) < 4.78 is 0. The second-order valence-corrected chi connectivity index (χ2v) is 6.53. The third-order valence-electron chi connectivity index (χ3n) is 4.08. The summed E-state index contributed by atoms with van der Waals surface area (Å²) in [6.07, 6.45) is 0. The van der Waals surface area contributed by atoms with Gasteiger partial charge in [0.15, 0.2) is 0 Å². The van der Waals surface area contributed by atoms with Gasteiger partial charge in [-0.25, -0.2) is 4.79 Å². The van der Waals surface area contributed by atoms with Crippen molar-refractivity contribution in [2.75, 3.05) is 36.4 Å². The third kappa shape index (κ3) is 4.16. The summed E-state index contributed by atoms with van der Waals surface area (Å²) in [5.41, 5.74) is 2.13. The van der Waals surface area contributed by atoms with Gasteiger partial charge in [0.05, 0.1) is 22.3 Å². The standard InChI is InChI=1S/C18H16Cl2N4O/c19-14-4-5-16(20)17(11-14)22-18(25)24-8-6-23(7-9-24)15-3-1-2-13(10-15)12-21/h1-5,10-11H,6-9H2,(H,22,25). The highest BCUT2D eigenvalue weighted by atomic mass is 35.5. The van der Waals surface area contributed by atoms with Crippen molar-refractivity contribution in [1.82, 2.24) is 4.90 Å². The van der Waals surface area contributed by atoms with Gasteiger partial charge in [-0.2, -0.15) is 5.26 Å². The number of nitrogens with one attached hydrogen (secondary N) is 1. The van der Waals surface area contributed by atoms with Gasteiger partial charge >= 0.3 is 6.03 Å². The molecule has 0 unspecified atom stereocenters. The minimum atomic E-state index is -0.199. The summed E-state index contributed by atoms with van der Waals surface area (Å²) in [6.45, 7) is 2.57. The highest BCUT2D eigenvalue weighted by Crippen LogP contribution is 2.26. The number of rotatable bonds is 2. The molecule has 1 aliphatic heterocycles. The summed E-state index contributed by atoms with van der Waals surface area (Å²) in [7, 11) is 0. The Bertz CT molecular complexity index is 826. The fourth-order valence-electron chi connectivity index (χ4n) is 2.73. The van der Waals surface area contributed by atoms with E-state index < -0.39 is 0 Å². The molecular weight excluding hydrogens is 359 g/mol. The maximum atomic E-state index is 12.4. The molecule has 0 atom stereocenters. The number of benzene rings is 2. The van der Waals surface area contributed by atoms with Crippen LogP contribution in [0.5, 0.6) is 0 Å². The number of carbonyl (C=O) groups excluding carboxylic acids is 1. The molecule has 128 valence electrons. The Hall–Kier alpha value is -2.42. The minimum absolute atomic E-state index is 0.199. The third-order valence-corrected chi connectivity index (χ3v) is 4.64. The number of piperazine rings is 1. The van der Waals surface area contributed by atoms with Crippen LogP contribution in [0.4, 0.5) is 16.2 Å². The predicted molar refractivity (Wildman–Crippen MR) is 100 cm³/mol. The number of hydrogen-bond donors (Lipinski definition) is 1. The molecule has 0 aliphatic carbocycles. The van der Waals surface area contributed by atoms with Crippen molar-refractivity contribution in [1.29, 1.82) is 5.26 Å². The molecule has 0 saturated carbocycles.